The number of para-hydroxylation sites is 2. The van der Waals surface area contributed by atoms with Gasteiger partial charge in [-0.3, -0.25) is 15.6 Å². The van der Waals surface area contributed by atoms with Gasteiger partial charge in [-0.25, -0.2) is 4.98 Å². The molecule has 152 valence electrons. The van der Waals surface area contributed by atoms with Crippen LogP contribution < -0.4 is 5.48 Å². The zero-order valence-electron chi connectivity index (χ0n) is 17.1. The normalized spacial score (nSPS) is 15.5. The predicted molar refractivity (Wildman–Crippen MR) is 115 cm³/mol. The maximum Gasteiger partial charge on any atom is 0.198 e. The number of nitrogens with zero attached hydrogens (tertiary/aromatic N) is 2. The minimum absolute atomic E-state index is 0.0273. The van der Waals surface area contributed by atoms with Gasteiger partial charge in [0, 0.05) is 5.92 Å². The van der Waals surface area contributed by atoms with E-state index in [0.29, 0.717) is 0 Å². The second-order valence-corrected chi connectivity index (χ2v) is 7.78. The Labute approximate surface area is 172 Å². The molecule has 1 aromatic heterocycles. The molecule has 2 unspecified atom stereocenters. The summed E-state index contributed by atoms with van der Waals surface area (Å²) in [5, 5.41) is 9.89. The number of hydroxylamine groups is 1. The van der Waals surface area contributed by atoms with Crippen LogP contribution in [-0.4, -0.2) is 28.2 Å². The lowest BCUT2D eigenvalue weighted by Crippen LogP contribution is -2.35. The van der Waals surface area contributed by atoms with E-state index in [1.165, 1.54) is 11.1 Å². The van der Waals surface area contributed by atoms with Gasteiger partial charge in [-0.15, -0.1) is 0 Å². The lowest BCUT2D eigenvalue weighted by Gasteiger charge is -2.33. The van der Waals surface area contributed by atoms with Crippen molar-refractivity contribution in [1.82, 2.24) is 15.4 Å². The Morgan fingerprint density at radius 3 is 2.52 bits per heavy atom. The number of allylic oxidation sites excluding steroid dienone is 1. The Morgan fingerprint density at radius 1 is 1.14 bits per heavy atom. The Kier molecular flexibility index (Phi) is 5.97. The van der Waals surface area contributed by atoms with Crippen molar-refractivity contribution in [1.29, 1.82) is 0 Å². The van der Waals surface area contributed by atoms with E-state index in [1.807, 2.05) is 30.3 Å². The molecule has 3 aromatic rings. The quantitative estimate of drug-likeness (QED) is 0.478. The van der Waals surface area contributed by atoms with Crippen molar-refractivity contribution >= 4 is 11.1 Å². The van der Waals surface area contributed by atoms with Gasteiger partial charge in [-0.2, -0.15) is 0 Å². The van der Waals surface area contributed by atoms with Gasteiger partial charge in [-0.05, 0) is 55.6 Å². The standard InChI is InChI=1S/C24H29N3O2/c1-3-27(16-15-17(2)24-25-20-11-7-8-12-21(20)29-24)23(19-9-5-4-6-10-19)22(26-28)18-13-14-18/h4-12,17,23,26,28H,3,13-16H2,1-2H3. The highest BCUT2D eigenvalue weighted by Crippen LogP contribution is 2.39. The summed E-state index contributed by atoms with van der Waals surface area (Å²) in [5.74, 6) is 1.01. The third-order valence-electron chi connectivity index (χ3n) is 5.74. The molecule has 4 rings (SSSR count). The molecule has 0 aliphatic heterocycles. The largest absolute Gasteiger partial charge is 0.440 e. The lowest BCUT2D eigenvalue weighted by molar-refractivity contribution is 0.148. The molecule has 2 aromatic carbocycles. The Hall–Kier alpha value is -2.63. The fourth-order valence-electron chi connectivity index (χ4n) is 3.91. The number of hydrogen-bond acceptors (Lipinski definition) is 5. The van der Waals surface area contributed by atoms with E-state index in [2.05, 4.69) is 53.5 Å². The maximum atomic E-state index is 9.89. The van der Waals surface area contributed by atoms with Crippen LogP contribution in [0.2, 0.25) is 0 Å². The molecule has 29 heavy (non-hydrogen) atoms. The number of nitrogens with one attached hydrogen (secondary N) is 1. The third-order valence-corrected chi connectivity index (χ3v) is 5.74. The van der Waals surface area contributed by atoms with Crippen LogP contribution in [-0.2, 0) is 0 Å². The highest BCUT2D eigenvalue weighted by Gasteiger charge is 2.30. The smallest absolute Gasteiger partial charge is 0.198 e. The summed E-state index contributed by atoms with van der Waals surface area (Å²) < 4.78 is 5.97. The molecule has 1 heterocycles. The van der Waals surface area contributed by atoms with Crippen LogP contribution in [0.5, 0.6) is 0 Å². The Bertz CT molecular complexity index is 941. The highest BCUT2D eigenvalue weighted by molar-refractivity contribution is 5.72. The average Bonchev–Trinajstić information content (AvgIpc) is 3.50. The third kappa shape index (κ3) is 4.36. The average molecular weight is 392 g/mol. The van der Waals surface area contributed by atoms with Crippen LogP contribution in [0.15, 0.2) is 70.3 Å². The topological polar surface area (TPSA) is 61.5 Å². The molecule has 0 radical (unpaired) electrons. The molecule has 0 saturated heterocycles. The van der Waals surface area contributed by atoms with E-state index < -0.39 is 0 Å². The number of hydrogen-bond donors (Lipinski definition) is 2. The minimum atomic E-state index is 0.0273. The summed E-state index contributed by atoms with van der Waals surface area (Å²) in [5.41, 5.74) is 7.72. The Balaban J connectivity index is 1.53. The fourth-order valence-corrected chi connectivity index (χ4v) is 3.91. The van der Waals surface area contributed by atoms with Gasteiger partial charge in [-0.1, -0.05) is 56.3 Å². The molecule has 1 aliphatic carbocycles. The van der Waals surface area contributed by atoms with Crippen LogP contribution in [0, 0.1) is 0 Å². The number of oxazole rings is 1. The maximum absolute atomic E-state index is 9.89. The number of rotatable bonds is 9. The molecular formula is C24H29N3O2. The first-order valence-corrected chi connectivity index (χ1v) is 10.5. The molecule has 2 atom stereocenters. The molecule has 1 fully saturated rings. The number of likely N-dealkylation sites (N-methyl/N-ethyl adjacent to an activating group) is 1. The molecule has 0 amide bonds. The van der Waals surface area contributed by atoms with Crippen LogP contribution in [0.4, 0.5) is 0 Å². The summed E-state index contributed by atoms with van der Waals surface area (Å²) in [6.07, 6.45) is 3.05. The van der Waals surface area contributed by atoms with Crippen molar-refractivity contribution in [2.45, 2.75) is 45.1 Å². The Morgan fingerprint density at radius 2 is 1.86 bits per heavy atom. The van der Waals surface area contributed by atoms with Gasteiger partial charge in [0.05, 0.1) is 11.7 Å². The van der Waals surface area contributed by atoms with Crippen molar-refractivity contribution in [3.05, 3.63) is 77.3 Å². The summed E-state index contributed by atoms with van der Waals surface area (Å²) in [6.45, 7) is 6.11. The van der Waals surface area contributed by atoms with E-state index in [0.717, 1.165) is 55.0 Å². The van der Waals surface area contributed by atoms with Crippen LogP contribution in [0.3, 0.4) is 0 Å². The van der Waals surface area contributed by atoms with Gasteiger partial charge >= 0.3 is 0 Å². The molecule has 0 bridgehead atoms. The molecule has 1 saturated carbocycles. The van der Waals surface area contributed by atoms with Crippen molar-refractivity contribution in [2.75, 3.05) is 13.1 Å². The fraction of sp³-hybridized carbons (Fsp3) is 0.375. The highest BCUT2D eigenvalue weighted by atomic mass is 16.5. The number of fused-ring (bicyclic) bond motifs is 1. The monoisotopic (exact) mass is 391 g/mol. The zero-order valence-corrected chi connectivity index (χ0v) is 17.1. The summed E-state index contributed by atoms with van der Waals surface area (Å²) in [4.78, 5) is 7.08. The van der Waals surface area contributed by atoms with Gasteiger partial charge < -0.3 is 4.42 Å². The summed E-state index contributed by atoms with van der Waals surface area (Å²) in [6, 6.07) is 18.4. The summed E-state index contributed by atoms with van der Waals surface area (Å²) in [7, 11) is 0. The van der Waals surface area contributed by atoms with E-state index >= 15 is 0 Å². The van der Waals surface area contributed by atoms with Crippen molar-refractivity contribution in [3.8, 4) is 0 Å². The first-order chi connectivity index (χ1) is 14.2. The number of benzene rings is 2. The number of aromatic nitrogens is 1. The van der Waals surface area contributed by atoms with Gasteiger partial charge in [0.15, 0.2) is 11.5 Å². The second kappa shape index (κ2) is 8.80. The molecule has 5 heteroatoms. The van der Waals surface area contributed by atoms with E-state index in [1.54, 1.807) is 0 Å². The molecule has 1 aliphatic rings. The van der Waals surface area contributed by atoms with Crippen LogP contribution >= 0.6 is 0 Å². The van der Waals surface area contributed by atoms with Crippen molar-refractivity contribution in [2.24, 2.45) is 0 Å². The van der Waals surface area contributed by atoms with Crippen LogP contribution in [0.1, 0.15) is 56.5 Å². The van der Waals surface area contributed by atoms with Crippen molar-refractivity contribution < 1.29 is 9.62 Å². The van der Waals surface area contributed by atoms with Gasteiger partial charge in [0.2, 0.25) is 0 Å². The van der Waals surface area contributed by atoms with E-state index in [4.69, 9.17) is 4.42 Å². The van der Waals surface area contributed by atoms with Gasteiger partial charge in [0.25, 0.3) is 0 Å². The molecule has 0 spiro atoms. The summed E-state index contributed by atoms with van der Waals surface area (Å²) >= 11 is 0. The van der Waals surface area contributed by atoms with E-state index in [-0.39, 0.29) is 12.0 Å². The zero-order chi connectivity index (χ0) is 20.2. The SMILES string of the molecule is CCN(CCC(C)c1nc2ccccc2o1)C(C(NO)=C1CC1)c1ccccc1. The molecular weight excluding hydrogens is 362 g/mol. The second-order valence-electron chi connectivity index (χ2n) is 7.78. The first-order valence-electron chi connectivity index (χ1n) is 10.5. The minimum Gasteiger partial charge on any atom is -0.440 e. The first kappa shape index (κ1) is 19.7. The lowest BCUT2D eigenvalue weighted by atomic mass is 9.99. The predicted octanol–water partition coefficient (Wildman–Crippen LogP) is 5.41. The van der Waals surface area contributed by atoms with Gasteiger partial charge in [0.1, 0.15) is 5.52 Å². The van der Waals surface area contributed by atoms with E-state index in [9.17, 15) is 5.21 Å². The van der Waals surface area contributed by atoms with Crippen molar-refractivity contribution in [3.63, 3.8) is 0 Å². The molecule has 2 N–H and O–H groups in total. The van der Waals surface area contributed by atoms with Crippen LogP contribution in [0.25, 0.3) is 11.1 Å². The molecule has 5 nitrogen and oxygen atoms in total.